The number of methoxy groups -OCH3 is 1. The molecule has 0 bridgehead atoms. The van der Waals surface area contributed by atoms with E-state index in [2.05, 4.69) is 10.1 Å². The number of rotatable bonds is 3. The molecule has 0 saturated carbocycles. The van der Waals surface area contributed by atoms with Gasteiger partial charge in [-0.1, -0.05) is 25.9 Å². The molecule has 8 heteroatoms. The summed E-state index contributed by atoms with van der Waals surface area (Å²) in [6.45, 7) is 5.81. The molecule has 1 aromatic heterocycles. The summed E-state index contributed by atoms with van der Waals surface area (Å²) in [5.74, 6) is 0.918. The predicted octanol–water partition coefficient (Wildman–Crippen LogP) is 2.97. The maximum atomic E-state index is 11.6. The fraction of sp³-hybridized carbons (Fsp3) is 0.385. The fourth-order valence-electron chi connectivity index (χ4n) is 1.65. The molecule has 0 aliphatic carbocycles. The Morgan fingerprint density at radius 2 is 1.95 bits per heavy atom. The van der Waals surface area contributed by atoms with Crippen LogP contribution in [0.3, 0.4) is 0 Å². The molecule has 0 spiro atoms. The predicted molar refractivity (Wildman–Crippen MR) is 78.0 cm³/mol. The maximum Gasteiger partial charge on any atom is 0.265 e. The average molecular weight is 331 g/mol. The summed E-state index contributed by atoms with van der Waals surface area (Å²) in [6.07, 6.45) is 0. The van der Waals surface area contributed by atoms with Gasteiger partial charge in [-0.15, -0.1) is 0 Å². The molecular formula is C13H15ClN2O4S. The van der Waals surface area contributed by atoms with Crippen LogP contribution >= 0.6 is 10.7 Å². The third kappa shape index (κ3) is 3.36. The van der Waals surface area contributed by atoms with Gasteiger partial charge in [-0.2, -0.15) is 4.98 Å². The van der Waals surface area contributed by atoms with E-state index in [9.17, 15) is 8.42 Å². The van der Waals surface area contributed by atoms with Gasteiger partial charge in [0.2, 0.25) is 11.7 Å². The van der Waals surface area contributed by atoms with E-state index >= 15 is 0 Å². The first-order chi connectivity index (χ1) is 9.63. The number of hydrogen-bond donors (Lipinski definition) is 0. The third-order valence-electron chi connectivity index (χ3n) is 2.75. The molecule has 0 aliphatic rings. The van der Waals surface area contributed by atoms with Gasteiger partial charge in [0, 0.05) is 21.7 Å². The Bertz CT molecular complexity index is 763. The number of halogens is 1. The first-order valence-corrected chi connectivity index (χ1v) is 8.41. The van der Waals surface area contributed by atoms with Gasteiger partial charge >= 0.3 is 0 Å². The topological polar surface area (TPSA) is 82.3 Å². The second-order valence-corrected chi connectivity index (χ2v) is 8.01. The summed E-state index contributed by atoms with van der Waals surface area (Å²) in [6, 6.07) is 4.50. The van der Waals surface area contributed by atoms with Crippen molar-refractivity contribution in [3.05, 3.63) is 24.1 Å². The second kappa shape index (κ2) is 5.31. The molecule has 0 amide bonds. The average Bonchev–Trinajstić information content (AvgIpc) is 2.86. The normalized spacial score (nSPS) is 12.4. The number of nitrogens with zero attached hydrogens (tertiary/aromatic N) is 2. The van der Waals surface area contributed by atoms with E-state index < -0.39 is 9.05 Å². The molecule has 0 fully saturated rings. The Labute approximate surface area is 127 Å². The highest BCUT2D eigenvalue weighted by Crippen LogP contribution is 2.31. The van der Waals surface area contributed by atoms with E-state index in [4.69, 9.17) is 19.9 Å². The molecule has 0 unspecified atom stereocenters. The summed E-state index contributed by atoms with van der Waals surface area (Å²) < 4.78 is 33.3. The van der Waals surface area contributed by atoms with Crippen LogP contribution in [-0.4, -0.2) is 25.7 Å². The van der Waals surface area contributed by atoms with Crippen molar-refractivity contribution in [3.8, 4) is 17.1 Å². The molecule has 114 valence electrons. The molecule has 0 saturated heterocycles. The van der Waals surface area contributed by atoms with Crippen LogP contribution in [0.5, 0.6) is 5.75 Å². The van der Waals surface area contributed by atoms with Crippen LogP contribution in [-0.2, 0) is 14.5 Å². The monoisotopic (exact) mass is 330 g/mol. The smallest absolute Gasteiger partial charge is 0.265 e. The zero-order valence-corrected chi connectivity index (χ0v) is 13.6. The van der Waals surface area contributed by atoms with Crippen LogP contribution in [0, 0.1) is 0 Å². The van der Waals surface area contributed by atoms with Crippen molar-refractivity contribution in [3.63, 3.8) is 0 Å². The van der Waals surface area contributed by atoms with Gasteiger partial charge in [-0.05, 0) is 18.2 Å². The van der Waals surface area contributed by atoms with Gasteiger partial charge < -0.3 is 9.26 Å². The summed E-state index contributed by atoms with van der Waals surface area (Å²) >= 11 is 0. The van der Waals surface area contributed by atoms with Crippen LogP contribution < -0.4 is 4.74 Å². The Hall–Kier alpha value is -1.60. The molecule has 2 aromatic rings. The van der Waals surface area contributed by atoms with Gasteiger partial charge in [0.1, 0.15) is 10.6 Å². The molecule has 0 atom stereocenters. The van der Waals surface area contributed by atoms with Gasteiger partial charge in [0.25, 0.3) is 9.05 Å². The largest absolute Gasteiger partial charge is 0.495 e. The molecule has 0 radical (unpaired) electrons. The third-order valence-corrected chi connectivity index (χ3v) is 4.10. The van der Waals surface area contributed by atoms with Crippen LogP contribution in [0.1, 0.15) is 26.7 Å². The SMILES string of the molecule is COc1ccc(-c2noc(C(C)(C)C)n2)cc1S(=O)(=O)Cl. The van der Waals surface area contributed by atoms with E-state index in [1.165, 1.54) is 19.2 Å². The van der Waals surface area contributed by atoms with Crippen molar-refractivity contribution in [2.75, 3.05) is 7.11 Å². The minimum atomic E-state index is -3.94. The van der Waals surface area contributed by atoms with Crippen molar-refractivity contribution in [1.82, 2.24) is 10.1 Å². The first-order valence-electron chi connectivity index (χ1n) is 6.10. The van der Waals surface area contributed by atoms with Crippen molar-refractivity contribution >= 4 is 19.7 Å². The lowest BCUT2D eigenvalue weighted by Gasteiger charge is -2.10. The van der Waals surface area contributed by atoms with E-state index in [1.807, 2.05) is 20.8 Å². The lowest BCUT2D eigenvalue weighted by molar-refractivity contribution is 0.321. The lowest BCUT2D eigenvalue weighted by Crippen LogP contribution is -2.11. The van der Waals surface area contributed by atoms with E-state index in [0.29, 0.717) is 17.3 Å². The van der Waals surface area contributed by atoms with Crippen LogP contribution in [0.25, 0.3) is 11.4 Å². The number of benzene rings is 1. The molecule has 0 aliphatic heterocycles. The van der Waals surface area contributed by atoms with Crippen molar-refractivity contribution in [2.24, 2.45) is 0 Å². The van der Waals surface area contributed by atoms with Crippen LogP contribution in [0.15, 0.2) is 27.6 Å². The second-order valence-electron chi connectivity index (χ2n) is 5.48. The Morgan fingerprint density at radius 3 is 2.43 bits per heavy atom. The van der Waals surface area contributed by atoms with E-state index in [1.54, 1.807) is 6.07 Å². The molecular weight excluding hydrogens is 316 g/mol. The van der Waals surface area contributed by atoms with E-state index in [0.717, 1.165) is 0 Å². The minimum absolute atomic E-state index is 0.133. The number of hydrogen-bond acceptors (Lipinski definition) is 6. The summed E-state index contributed by atoms with van der Waals surface area (Å²) in [5.41, 5.74) is 0.188. The minimum Gasteiger partial charge on any atom is -0.495 e. The zero-order chi connectivity index (χ0) is 15.8. The highest BCUT2D eigenvalue weighted by molar-refractivity contribution is 8.13. The standard InChI is InChI=1S/C13H15ClN2O4S/c1-13(2,3)12-15-11(16-20-12)8-5-6-9(19-4)10(7-8)21(14,17)18/h5-7H,1-4H3. The molecule has 6 nitrogen and oxygen atoms in total. The summed E-state index contributed by atoms with van der Waals surface area (Å²) in [5, 5.41) is 3.87. The van der Waals surface area contributed by atoms with Gasteiger partial charge in [-0.3, -0.25) is 0 Å². The van der Waals surface area contributed by atoms with Crippen LogP contribution in [0.2, 0.25) is 0 Å². The maximum absolute atomic E-state index is 11.6. The Balaban J connectivity index is 2.53. The zero-order valence-electron chi connectivity index (χ0n) is 12.0. The molecule has 2 rings (SSSR count). The summed E-state index contributed by atoms with van der Waals surface area (Å²) in [7, 11) is 2.84. The Morgan fingerprint density at radius 1 is 1.29 bits per heavy atom. The van der Waals surface area contributed by atoms with Crippen molar-refractivity contribution in [2.45, 2.75) is 31.1 Å². The van der Waals surface area contributed by atoms with Gasteiger partial charge in [0.05, 0.1) is 7.11 Å². The number of ether oxygens (including phenoxy) is 1. The van der Waals surface area contributed by atoms with Crippen molar-refractivity contribution < 1.29 is 17.7 Å². The quantitative estimate of drug-likeness (QED) is 0.805. The van der Waals surface area contributed by atoms with Gasteiger partial charge in [-0.25, -0.2) is 8.42 Å². The Kier molecular flexibility index (Phi) is 3.99. The van der Waals surface area contributed by atoms with Gasteiger partial charge in [0.15, 0.2) is 0 Å². The van der Waals surface area contributed by atoms with E-state index in [-0.39, 0.29) is 16.1 Å². The molecule has 0 N–H and O–H groups in total. The van der Waals surface area contributed by atoms with Crippen molar-refractivity contribution in [1.29, 1.82) is 0 Å². The molecule has 1 aromatic carbocycles. The number of aromatic nitrogens is 2. The summed E-state index contributed by atoms with van der Waals surface area (Å²) in [4.78, 5) is 4.14. The molecule has 1 heterocycles. The lowest BCUT2D eigenvalue weighted by atomic mass is 9.97. The van der Waals surface area contributed by atoms with Crippen LogP contribution in [0.4, 0.5) is 0 Å². The highest BCUT2D eigenvalue weighted by Gasteiger charge is 2.24. The fourth-order valence-corrected chi connectivity index (χ4v) is 2.67. The molecule has 21 heavy (non-hydrogen) atoms. The first kappa shape index (κ1) is 15.8. The highest BCUT2D eigenvalue weighted by atomic mass is 35.7.